The quantitative estimate of drug-likeness (QED) is 0.863. The fraction of sp³-hybridized carbons (Fsp3) is 0.0769. The predicted molar refractivity (Wildman–Crippen MR) is 68.2 cm³/mol. The summed E-state index contributed by atoms with van der Waals surface area (Å²) < 4.78 is 5.58. The molecule has 0 aliphatic rings. The van der Waals surface area contributed by atoms with Gasteiger partial charge < -0.3 is 15.8 Å². The third kappa shape index (κ3) is 3.48. The van der Waals surface area contributed by atoms with E-state index < -0.39 is 6.03 Å². The number of aromatic nitrogens is 1. The maximum Gasteiger partial charge on any atom is 0.316 e. The SMILES string of the molecule is NC(=O)Nc1cccc(OCc2cccnc2)c1. The number of amides is 2. The minimum absolute atomic E-state index is 0.424. The lowest BCUT2D eigenvalue weighted by Gasteiger charge is -2.08. The van der Waals surface area contributed by atoms with E-state index in [1.807, 2.05) is 18.2 Å². The summed E-state index contributed by atoms with van der Waals surface area (Å²) in [6.07, 6.45) is 3.45. The van der Waals surface area contributed by atoms with Gasteiger partial charge in [-0.2, -0.15) is 0 Å². The van der Waals surface area contributed by atoms with Crippen molar-refractivity contribution in [2.45, 2.75) is 6.61 Å². The second kappa shape index (κ2) is 5.67. The summed E-state index contributed by atoms with van der Waals surface area (Å²) in [5, 5.41) is 2.49. The Morgan fingerprint density at radius 1 is 1.33 bits per heavy atom. The van der Waals surface area contributed by atoms with Crippen LogP contribution in [0.3, 0.4) is 0 Å². The molecule has 2 amide bonds. The lowest BCUT2D eigenvalue weighted by atomic mass is 10.3. The van der Waals surface area contributed by atoms with Crippen LogP contribution < -0.4 is 15.8 Å². The van der Waals surface area contributed by atoms with Crippen molar-refractivity contribution < 1.29 is 9.53 Å². The number of carbonyl (C=O) groups is 1. The van der Waals surface area contributed by atoms with Crippen molar-refractivity contribution in [3.8, 4) is 5.75 Å². The Morgan fingerprint density at radius 3 is 2.94 bits per heavy atom. The Hall–Kier alpha value is -2.56. The standard InChI is InChI=1S/C13H13N3O2/c14-13(17)16-11-4-1-5-12(7-11)18-9-10-3-2-6-15-8-10/h1-8H,9H2,(H3,14,16,17). The zero-order valence-electron chi connectivity index (χ0n) is 9.67. The maximum atomic E-state index is 10.7. The smallest absolute Gasteiger partial charge is 0.316 e. The van der Waals surface area contributed by atoms with Crippen LogP contribution in [0.15, 0.2) is 48.8 Å². The number of benzene rings is 1. The fourth-order valence-electron chi connectivity index (χ4n) is 1.46. The van der Waals surface area contributed by atoms with Crippen molar-refractivity contribution in [2.24, 2.45) is 5.73 Å². The highest BCUT2D eigenvalue weighted by Gasteiger charge is 1.99. The first-order valence-corrected chi connectivity index (χ1v) is 5.42. The fourth-order valence-corrected chi connectivity index (χ4v) is 1.46. The summed E-state index contributed by atoms with van der Waals surface area (Å²) in [7, 11) is 0. The molecule has 2 rings (SSSR count). The normalized spacial score (nSPS) is 9.78. The minimum atomic E-state index is -0.598. The van der Waals surface area contributed by atoms with Gasteiger partial charge in [-0.3, -0.25) is 4.98 Å². The van der Waals surface area contributed by atoms with Gasteiger partial charge in [-0.1, -0.05) is 12.1 Å². The number of nitrogens with two attached hydrogens (primary N) is 1. The minimum Gasteiger partial charge on any atom is -0.489 e. The molecule has 3 N–H and O–H groups in total. The van der Waals surface area contributed by atoms with E-state index in [-0.39, 0.29) is 0 Å². The first-order chi connectivity index (χ1) is 8.74. The Labute approximate surface area is 105 Å². The van der Waals surface area contributed by atoms with E-state index in [9.17, 15) is 4.79 Å². The number of nitrogens with zero attached hydrogens (tertiary/aromatic N) is 1. The van der Waals surface area contributed by atoms with Crippen LogP contribution in [0.5, 0.6) is 5.75 Å². The zero-order chi connectivity index (χ0) is 12.8. The van der Waals surface area contributed by atoms with Crippen molar-refractivity contribution in [1.82, 2.24) is 4.98 Å². The van der Waals surface area contributed by atoms with Crippen molar-refractivity contribution in [1.29, 1.82) is 0 Å². The molecule has 0 bridgehead atoms. The number of carbonyl (C=O) groups excluding carboxylic acids is 1. The van der Waals surface area contributed by atoms with E-state index in [1.54, 1.807) is 30.6 Å². The second-order valence-corrected chi connectivity index (χ2v) is 3.67. The number of urea groups is 1. The molecule has 0 radical (unpaired) electrons. The van der Waals surface area contributed by atoms with Gasteiger partial charge in [0, 0.05) is 29.7 Å². The molecule has 0 atom stereocenters. The number of hydrogen-bond acceptors (Lipinski definition) is 3. The molecular weight excluding hydrogens is 230 g/mol. The van der Waals surface area contributed by atoms with Gasteiger partial charge in [0.1, 0.15) is 12.4 Å². The average molecular weight is 243 g/mol. The molecule has 1 aromatic carbocycles. The van der Waals surface area contributed by atoms with Crippen LogP contribution in [0.1, 0.15) is 5.56 Å². The number of nitrogens with one attached hydrogen (secondary N) is 1. The molecule has 5 nitrogen and oxygen atoms in total. The third-order valence-corrected chi connectivity index (χ3v) is 2.23. The van der Waals surface area contributed by atoms with Gasteiger partial charge in [0.2, 0.25) is 0 Å². The molecule has 1 aromatic heterocycles. The van der Waals surface area contributed by atoms with Crippen molar-refractivity contribution in [3.63, 3.8) is 0 Å². The number of rotatable bonds is 4. The molecule has 18 heavy (non-hydrogen) atoms. The average Bonchev–Trinajstić information content (AvgIpc) is 2.37. The van der Waals surface area contributed by atoms with E-state index in [1.165, 1.54) is 0 Å². The molecule has 0 aliphatic heterocycles. The van der Waals surface area contributed by atoms with Gasteiger partial charge in [-0.15, -0.1) is 0 Å². The topological polar surface area (TPSA) is 77.2 Å². The number of anilines is 1. The van der Waals surface area contributed by atoms with Gasteiger partial charge in [0.25, 0.3) is 0 Å². The van der Waals surface area contributed by atoms with Crippen LogP contribution >= 0.6 is 0 Å². The molecule has 1 heterocycles. The molecule has 0 saturated heterocycles. The molecule has 0 fully saturated rings. The van der Waals surface area contributed by atoms with Crippen LogP contribution in [0.25, 0.3) is 0 Å². The predicted octanol–water partition coefficient (Wildman–Crippen LogP) is 2.15. The van der Waals surface area contributed by atoms with Crippen LogP contribution in [0.4, 0.5) is 10.5 Å². The summed E-state index contributed by atoms with van der Waals surface area (Å²) >= 11 is 0. The van der Waals surface area contributed by atoms with Crippen LogP contribution in [-0.2, 0) is 6.61 Å². The van der Waals surface area contributed by atoms with Gasteiger partial charge >= 0.3 is 6.03 Å². The molecule has 0 unspecified atom stereocenters. The van der Waals surface area contributed by atoms with Gasteiger partial charge in [-0.05, 0) is 18.2 Å². The Kier molecular flexibility index (Phi) is 3.76. The highest BCUT2D eigenvalue weighted by Crippen LogP contribution is 2.18. The lowest BCUT2D eigenvalue weighted by Crippen LogP contribution is -2.19. The van der Waals surface area contributed by atoms with Gasteiger partial charge in [0.05, 0.1) is 0 Å². The molecule has 0 aliphatic carbocycles. The number of primary amides is 1. The Bertz CT molecular complexity index is 529. The summed E-state index contributed by atoms with van der Waals surface area (Å²) in [4.78, 5) is 14.7. The number of ether oxygens (including phenoxy) is 1. The zero-order valence-corrected chi connectivity index (χ0v) is 9.67. The Balaban J connectivity index is 1.99. The monoisotopic (exact) mass is 243 g/mol. The highest BCUT2D eigenvalue weighted by atomic mass is 16.5. The van der Waals surface area contributed by atoms with Crippen molar-refractivity contribution in [3.05, 3.63) is 54.4 Å². The summed E-state index contributed by atoms with van der Waals surface area (Å²) in [6, 6.07) is 10.2. The Morgan fingerprint density at radius 2 is 2.22 bits per heavy atom. The first kappa shape index (κ1) is 11.9. The lowest BCUT2D eigenvalue weighted by molar-refractivity contribution is 0.259. The molecule has 2 aromatic rings. The van der Waals surface area contributed by atoms with Gasteiger partial charge in [-0.25, -0.2) is 4.79 Å². The van der Waals surface area contributed by atoms with E-state index in [0.29, 0.717) is 18.0 Å². The van der Waals surface area contributed by atoms with E-state index in [0.717, 1.165) is 5.56 Å². The second-order valence-electron chi connectivity index (χ2n) is 3.67. The van der Waals surface area contributed by atoms with Gasteiger partial charge in [0.15, 0.2) is 0 Å². The van der Waals surface area contributed by atoms with Crippen LogP contribution in [0.2, 0.25) is 0 Å². The van der Waals surface area contributed by atoms with Crippen molar-refractivity contribution >= 4 is 11.7 Å². The third-order valence-electron chi connectivity index (χ3n) is 2.23. The number of hydrogen-bond donors (Lipinski definition) is 2. The molecule has 0 saturated carbocycles. The van der Waals surface area contributed by atoms with E-state index >= 15 is 0 Å². The van der Waals surface area contributed by atoms with Crippen LogP contribution in [0, 0.1) is 0 Å². The molecular formula is C13H13N3O2. The largest absolute Gasteiger partial charge is 0.489 e. The highest BCUT2D eigenvalue weighted by molar-refractivity contribution is 5.87. The molecule has 92 valence electrons. The van der Waals surface area contributed by atoms with E-state index in [4.69, 9.17) is 10.5 Å². The molecule has 0 spiro atoms. The summed E-state index contributed by atoms with van der Waals surface area (Å²) in [6.45, 7) is 0.424. The van der Waals surface area contributed by atoms with Crippen LogP contribution in [-0.4, -0.2) is 11.0 Å². The summed E-state index contributed by atoms with van der Waals surface area (Å²) in [5.74, 6) is 0.658. The first-order valence-electron chi connectivity index (χ1n) is 5.42. The number of pyridine rings is 1. The maximum absolute atomic E-state index is 10.7. The molecule has 5 heteroatoms. The van der Waals surface area contributed by atoms with E-state index in [2.05, 4.69) is 10.3 Å². The summed E-state index contributed by atoms with van der Waals surface area (Å²) in [5.41, 5.74) is 6.62. The van der Waals surface area contributed by atoms with Crippen molar-refractivity contribution in [2.75, 3.05) is 5.32 Å².